The Labute approximate surface area is 200 Å². The van der Waals surface area contributed by atoms with E-state index in [4.69, 9.17) is 9.47 Å². The van der Waals surface area contributed by atoms with Gasteiger partial charge in [0.15, 0.2) is 11.4 Å². The number of carbonyl (C=O) groups is 3. The second-order valence-corrected chi connectivity index (χ2v) is 9.51. The number of hydrogen-bond donors (Lipinski definition) is 4. The molecule has 0 aromatic heterocycles. The number of epoxide rings is 1. The van der Waals surface area contributed by atoms with E-state index in [9.17, 15) is 24.6 Å². The van der Waals surface area contributed by atoms with Crippen LogP contribution in [0.1, 0.15) is 44.7 Å². The molecule has 1 aromatic carbocycles. The van der Waals surface area contributed by atoms with Crippen molar-refractivity contribution in [3.8, 4) is 5.75 Å². The normalized spacial score (nSPS) is 22.9. The lowest BCUT2D eigenvalue weighted by Gasteiger charge is -2.28. The molecule has 1 aliphatic heterocycles. The molecule has 1 fully saturated rings. The molecule has 1 heterocycles. The maximum atomic E-state index is 13.0. The molecule has 2 aliphatic rings. The van der Waals surface area contributed by atoms with E-state index in [1.165, 1.54) is 0 Å². The SMILES string of the molecule is CCOc1cccc2c1CCC(C(=O)N[C@@H](CO)C(=O)NC(CC(C)C)C(=O)C1(CO)CO1)C2. The zero-order chi connectivity index (χ0) is 24.9. The Bertz CT molecular complexity index is 897. The van der Waals surface area contributed by atoms with Crippen LogP contribution < -0.4 is 15.4 Å². The molecule has 9 nitrogen and oxygen atoms in total. The molecule has 188 valence electrons. The summed E-state index contributed by atoms with van der Waals surface area (Å²) < 4.78 is 10.9. The lowest BCUT2D eigenvalue weighted by molar-refractivity contribution is -0.135. The largest absolute Gasteiger partial charge is 0.494 e. The number of aliphatic hydroxyl groups excluding tert-OH is 2. The highest BCUT2D eigenvalue weighted by atomic mass is 16.6. The van der Waals surface area contributed by atoms with E-state index < -0.39 is 42.6 Å². The number of carbonyl (C=O) groups excluding carboxylic acids is 3. The van der Waals surface area contributed by atoms with Gasteiger partial charge in [-0.1, -0.05) is 26.0 Å². The van der Waals surface area contributed by atoms with Gasteiger partial charge in [0.2, 0.25) is 11.8 Å². The Morgan fingerprint density at radius 3 is 2.53 bits per heavy atom. The monoisotopic (exact) mass is 476 g/mol. The fraction of sp³-hybridized carbons (Fsp3) is 0.640. The van der Waals surface area contributed by atoms with Gasteiger partial charge in [0.25, 0.3) is 0 Å². The van der Waals surface area contributed by atoms with Crippen LogP contribution in [-0.4, -0.2) is 71.9 Å². The minimum Gasteiger partial charge on any atom is -0.494 e. The molecular formula is C25H36N2O7. The number of aliphatic hydroxyl groups is 2. The summed E-state index contributed by atoms with van der Waals surface area (Å²) in [6.07, 6.45) is 2.16. The van der Waals surface area contributed by atoms with Crippen molar-refractivity contribution in [1.82, 2.24) is 10.6 Å². The molecular weight excluding hydrogens is 440 g/mol. The van der Waals surface area contributed by atoms with Crippen molar-refractivity contribution >= 4 is 17.6 Å². The quantitative estimate of drug-likeness (QED) is 0.323. The van der Waals surface area contributed by atoms with Crippen LogP contribution in [0.3, 0.4) is 0 Å². The summed E-state index contributed by atoms with van der Waals surface area (Å²) in [5.74, 6) is -0.752. The number of ketones is 1. The molecule has 0 saturated carbocycles. The van der Waals surface area contributed by atoms with Gasteiger partial charge in [0, 0.05) is 5.92 Å². The highest BCUT2D eigenvalue weighted by Crippen LogP contribution is 2.33. The van der Waals surface area contributed by atoms with Crippen molar-refractivity contribution in [2.24, 2.45) is 11.8 Å². The average Bonchev–Trinajstić information content (AvgIpc) is 3.62. The number of Topliss-reactive ketones (excluding diaryl/α,β-unsaturated/α-hetero) is 1. The molecule has 9 heteroatoms. The third-order valence-corrected chi connectivity index (χ3v) is 6.46. The van der Waals surface area contributed by atoms with Gasteiger partial charge < -0.3 is 30.3 Å². The first-order valence-corrected chi connectivity index (χ1v) is 12.0. The van der Waals surface area contributed by atoms with Crippen molar-refractivity contribution in [2.45, 2.75) is 64.1 Å². The molecule has 2 amide bonds. The van der Waals surface area contributed by atoms with Crippen LogP contribution in [0.4, 0.5) is 0 Å². The van der Waals surface area contributed by atoms with Crippen LogP contribution in [0.5, 0.6) is 5.75 Å². The summed E-state index contributed by atoms with van der Waals surface area (Å²) in [6, 6.07) is 3.75. The summed E-state index contributed by atoms with van der Waals surface area (Å²) in [4.78, 5) is 38.7. The molecule has 4 atom stereocenters. The first-order chi connectivity index (χ1) is 16.2. The first-order valence-electron chi connectivity index (χ1n) is 12.0. The maximum absolute atomic E-state index is 13.0. The fourth-order valence-corrected chi connectivity index (χ4v) is 4.46. The minimum atomic E-state index is -1.26. The summed E-state index contributed by atoms with van der Waals surface area (Å²) in [7, 11) is 0. The van der Waals surface area contributed by atoms with Crippen LogP contribution in [0, 0.1) is 11.8 Å². The summed E-state index contributed by atoms with van der Waals surface area (Å²) >= 11 is 0. The molecule has 1 saturated heterocycles. The molecule has 1 aromatic rings. The van der Waals surface area contributed by atoms with Crippen LogP contribution in [0.15, 0.2) is 18.2 Å². The Morgan fingerprint density at radius 1 is 1.21 bits per heavy atom. The number of rotatable bonds is 12. The van der Waals surface area contributed by atoms with Crippen molar-refractivity contribution in [3.05, 3.63) is 29.3 Å². The van der Waals surface area contributed by atoms with Gasteiger partial charge in [-0.05, 0) is 55.7 Å². The Kier molecular flexibility index (Phi) is 8.67. The lowest BCUT2D eigenvalue weighted by Crippen LogP contribution is -2.56. The minimum absolute atomic E-state index is 0.0924. The molecule has 0 spiro atoms. The number of amides is 2. The van der Waals surface area contributed by atoms with Crippen molar-refractivity contribution in [1.29, 1.82) is 0 Å². The van der Waals surface area contributed by atoms with Crippen LogP contribution in [0.25, 0.3) is 0 Å². The number of benzene rings is 1. The molecule has 0 radical (unpaired) electrons. The van der Waals surface area contributed by atoms with E-state index in [2.05, 4.69) is 10.6 Å². The molecule has 3 rings (SSSR count). The van der Waals surface area contributed by atoms with E-state index in [0.717, 1.165) is 16.9 Å². The first kappa shape index (κ1) is 26.1. The third-order valence-electron chi connectivity index (χ3n) is 6.46. The van der Waals surface area contributed by atoms with Gasteiger partial charge in [0.05, 0.1) is 32.5 Å². The van der Waals surface area contributed by atoms with E-state index in [1.54, 1.807) is 0 Å². The predicted octanol–water partition coefficient (Wildman–Crippen LogP) is 0.529. The number of hydrogen-bond acceptors (Lipinski definition) is 7. The van der Waals surface area contributed by atoms with Crippen molar-refractivity contribution in [2.75, 3.05) is 26.4 Å². The van der Waals surface area contributed by atoms with E-state index in [-0.39, 0.29) is 24.3 Å². The zero-order valence-electron chi connectivity index (χ0n) is 20.1. The smallest absolute Gasteiger partial charge is 0.245 e. The highest BCUT2D eigenvalue weighted by molar-refractivity contribution is 5.98. The molecule has 3 unspecified atom stereocenters. The Hall–Kier alpha value is -2.49. The maximum Gasteiger partial charge on any atom is 0.245 e. The summed E-state index contributed by atoms with van der Waals surface area (Å²) in [6.45, 7) is 5.38. The number of ether oxygens (including phenoxy) is 2. The van der Waals surface area contributed by atoms with Crippen molar-refractivity contribution < 1.29 is 34.1 Å². The number of nitrogens with one attached hydrogen (secondary N) is 2. The van der Waals surface area contributed by atoms with Crippen LogP contribution in [-0.2, 0) is 32.0 Å². The van der Waals surface area contributed by atoms with Gasteiger partial charge in [-0.15, -0.1) is 0 Å². The molecule has 1 aliphatic carbocycles. The van der Waals surface area contributed by atoms with Crippen molar-refractivity contribution in [3.63, 3.8) is 0 Å². The predicted molar refractivity (Wildman–Crippen MR) is 124 cm³/mol. The standard InChI is InChI=1S/C25H36N2O7/c1-4-33-21-7-5-6-16-11-17(8-9-18(16)21)23(31)27-20(12-28)24(32)26-19(10-15(2)3)22(30)25(13-29)14-34-25/h5-7,15,17,19-20,28-29H,4,8-14H2,1-3H3,(H,26,32)(H,27,31)/t17?,19?,20-,25?/m0/s1. The fourth-order valence-electron chi connectivity index (χ4n) is 4.46. The van der Waals surface area contributed by atoms with Gasteiger partial charge in [-0.2, -0.15) is 0 Å². The lowest BCUT2D eigenvalue weighted by atomic mass is 9.83. The topological polar surface area (TPSA) is 137 Å². The molecule has 0 bridgehead atoms. The zero-order valence-corrected chi connectivity index (χ0v) is 20.1. The third kappa shape index (κ3) is 5.95. The average molecular weight is 477 g/mol. The highest BCUT2D eigenvalue weighted by Gasteiger charge is 2.54. The van der Waals surface area contributed by atoms with E-state index >= 15 is 0 Å². The van der Waals surface area contributed by atoms with Gasteiger partial charge in [-0.3, -0.25) is 14.4 Å². The molecule has 34 heavy (non-hydrogen) atoms. The van der Waals surface area contributed by atoms with Crippen LogP contribution >= 0.6 is 0 Å². The van der Waals surface area contributed by atoms with Gasteiger partial charge in [-0.25, -0.2) is 0 Å². The Morgan fingerprint density at radius 2 is 1.94 bits per heavy atom. The van der Waals surface area contributed by atoms with Gasteiger partial charge in [0.1, 0.15) is 11.8 Å². The number of fused-ring (bicyclic) bond motifs is 1. The summed E-state index contributed by atoms with van der Waals surface area (Å²) in [5, 5.41) is 24.6. The Balaban J connectivity index is 1.63. The second kappa shape index (κ2) is 11.3. The second-order valence-electron chi connectivity index (χ2n) is 9.51. The summed E-state index contributed by atoms with van der Waals surface area (Å²) in [5.41, 5.74) is 0.893. The van der Waals surface area contributed by atoms with Gasteiger partial charge >= 0.3 is 0 Å². The molecule has 4 N–H and O–H groups in total. The van der Waals surface area contributed by atoms with E-state index in [0.29, 0.717) is 32.3 Å². The van der Waals surface area contributed by atoms with E-state index in [1.807, 2.05) is 39.0 Å². The van der Waals surface area contributed by atoms with Crippen LogP contribution in [0.2, 0.25) is 0 Å².